The maximum atomic E-state index is 12.9. The first kappa shape index (κ1) is 21.7. The molecule has 2 aromatic rings. The lowest BCUT2D eigenvalue weighted by molar-refractivity contribution is -0.137. The number of aromatic nitrogens is 1. The van der Waals surface area contributed by atoms with Gasteiger partial charge in [-0.2, -0.15) is 13.2 Å². The number of aliphatic hydroxyl groups excluding tert-OH is 1. The van der Waals surface area contributed by atoms with Gasteiger partial charge in [0.2, 0.25) is 0 Å². The monoisotopic (exact) mass is 424 g/mol. The van der Waals surface area contributed by atoms with Crippen LogP contribution in [-0.4, -0.2) is 22.7 Å². The van der Waals surface area contributed by atoms with E-state index in [2.05, 4.69) is 22.4 Å². The van der Waals surface area contributed by atoms with Crippen LogP contribution in [0.4, 0.5) is 19.0 Å². The van der Waals surface area contributed by atoms with E-state index in [0.717, 1.165) is 56.2 Å². The van der Waals surface area contributed by atoms with Gasteiger partial charge in [0.25, 0.3) is 0 Å². The number of unbranched alkanes of at least 4 members (excludes halogenated alkanes) is 1. The van der Waals surface area contributed by atoms with E-state index in [-0.39, 0.29) is 5.02 Å². The van der Waals surface area contributed by atoms with Crippen LogP contribution in [0.1, 0.15) is 48.1 Å². The molecule has 0 amide bonds. The predicted octanol–water partition coefficient (Wildman–Crippen LogP) is 5.90. The van der Waals surface area contributed by atoms with E-state index in [1.165, 1.54) is 29.8 Å². The van der Waals surface area contributed by atoms with Crippen molar-refractivity contribution in [1.29, 1.82) is 0 Å². The van der Waals surface area contributed by atoms with E-state index < -0.39 is 17.8 Å². The van der Waals surface area contributed by atoms with Crippen LogP contribution in [0.25, 0.3) is 6.08 Å². The van der Waals surface area contributed by atoms with Crippen molar-refractivity contribution in [3.63, 3.8) is 0 Å². The normalized spacial score (nSPS) is 15.2. The minimum absolute atomic E-state index is 0.332. The number of anilines is 1. The van der Waals surface area contributed by atoms with Crippen LogP contribution in [-0.2, 0) is 19.0 Å². The Bertz CT molecular complexity index is 868. The zero-order valence-corrected chi connectivity index (χ0v) is 16.7. The summed E-state index contributed by atoms with van der Waals surface area (Å²) in [7, 11) is 0. The van der Waals surface area contributed by atoms with Crippen molar-refractivity contribution in [2.24, 2.45) is 0 Å². The molecule has 1 aromatic carbocycles. The fourth-order valence-corrected chi connectivity index (χ4v) is 3.57. The smallest absolute Gasteiger partial charge is 0.389 e. The van der Waals surface area contributed by atoms with E-state index in [1.54, 1.807) is 0 Å². The van der Waals surface area contributed by atoms with Gasteiger partial charge in [-0.15, -0.1) is 0 Å². The zero-order chi connectivity index (χ0) is 20.9. The van der Waals surface area contributed by atoms with Crippen LogP contribution in [0.3, 0.4) is 0 Å². The molecule has 0 fully saturated rings. The van der Waals surface area contributed by atoms with Gasteiger partial charge >= 0.3 is 6.18 Å². The summed E-state index contributed by atoms with van der Waals surface area (Å²) in [5.41, 5.74) is 1.77. The highest BCUT2D eigenvalue weighted by atomic mass is 35.5. The van der Waals surface area contributed by atoms with Gasteiger partial charge in [0.05, 0.1) is 16.7 Å². The van der Waals surface area contributed by atoms with Gasteiger partial charge in [0, 0.05) is 12.2 Å². The highest BCUT2D eigenvalue weighted by molar-refractivity contribution is 6.31. The lowest BCUT2D eigenvalue weighted by atomic mass is 10.0. The molecule has 3 rings (SSSR count). The second-order valence-electron chi connectivity index (χ2n) is 7.25. The van der Waals surface area contributed by atoms with E-state index in [9.17, 15) is 18.3 Å². The summed E-state index contributed by atoms with van der Waals surface area (Å²) in [6.07, 6.45) is 3.05. The summed E-state index contributed by atoms with van der Waals surface area (Å²) < 4.78 is 38.7. The first-order valence-corrected chi connectivity index (χ1v) is 10.2. The molecule has 0 saturated carbocycles. The van der Waals surface area contributed by atoms with E-state index in [1.807, 2.05) is 0 Å². The van der Waals surface area contributed by atoms with Gasteiger partial charge in [-0.25, -0.2) is 4.98 Å². The van der Waals surface area contributed by atoms with Gasteiger partial charge in [0.15, 0.2) is 0 Å². The molecule has 3 nitrogen and oxygen atoms in total. The first-order valence-electron chi connectivity index (χ1n) is 9.78. The lowest BCUT2D eigenvalue weighted by Gasteiger charge is -2.17. The maximum absolute atomic E-state index is 12.9. The molecule has 156 valence electrons. The first-order chi connectivity index (χ1) is 13.8. The number of nitrogens with one attached hydrogen (secondary N) is 1. The van der Waals surface area contributed by atoms with Crippen molar-refractivity contribution in [2.45, 2.75) is 50.8 Å². The fourth-order valence-electron chi connectivity index (χ4n) is 3.35. The van der Waals surface area contributed by atoms with E-state index >= 15 is 0 Å². The molecule has 1 unspecified atom stereocenters. The number of fused-ring (bicyclic) bond motifs is 1. The number of aryl methyl sites for hydroxylation is 2. The Balaban J connectivity index is 1.46. The molecule has 1 aliphatic heterocycles. The molecule has 0 radical (unpaired) electrons. The number of benzene rings is 1. The molecule has 7 heteroatoms. The van der Waals surface area contributed by atoms with Crippen LogP contribution >= 0.6 is 11.6 Å². The SMILES string of the molecule is OC(/C=C/c1ccc(Cl)c(C(F)(F)F)c1)CCCCc1ccc2c(n1)NCCC2. The minimum atomic E-state index is -4.50. The lowest BCUT2D eigenvalue weighted by Crippen LogP contribution is -2.14. The number of nitrogens with zero attached hydrogens (tertiary/aromatic N) is 1. The molecule has 1 aromatic heterocycles. The van der Waals surface area contributed by atoms with Crippen LogP contribution in [0.5, 0.6) is 0 Å². The molecule has 1 atom stereocenters. The quantitative estimate of drug-likeness (QED) is 0.544. The van der Waals surface area contributed by atoms with Crippen LogP contribution in [0, 0.1) is 0 Å². The molecule has 0 bridgehead atoms. The number of aliphatic hydroxyl groups is 1. The Morgan fingerprint density at radius 1 is 1.21 bits per heavy atom. The number of alkyl halides is 3. The zero-order valence-electron chi connectivity index (χ0n) is 16.0. The Morgan fingerprint density at radius 2 is 2.03 bits per heavy atom. The van der Waals surface area contributed by atoms with E-state index in [0.29, 0.717) is 12.0 Å². The second-order valence-corrected chi connectivity index (χ2v) is 7.66. The Hall–Kier alpha value is -2.05. The van der Waals surface area contributed by atoms with Gasteiger partial charge in [-0.1, -0.05) is 42.3 Å². The van der Waals surface area contributed by atoms with Crippen molar-refractivity contribution in [3.05, 3.63) is 63.8 Å². The number of pyridine rings is 1. The average molecular weight is 425 g/mol. The molecule has 0 spiro atoms. The summed E-state index contributed by atoms with van der Waals surface area (Å²) in [5, 5.41) is 13.1. The largest absolute Gasteiger partial charge is 0.417 e. The molecule has 0 aliphatic carbocycles. The highest BCUT2D eigenvalue weighted by Crippen LogP contribution is 2.35. The van der Waals surface area contributed by atoms with Crippen LogP contribution in [0.15, 0.2) is 36.4 Å². The standard InChI is InChI=1S/C22H24ClF3N2O/c23-20-12-8-15(14-19(20)22(24,25)26)7-11-18(29)6-2-1-5-17-10-9-16-4-3-13-27-21(16)28-17/h7-12,14,18,29H,1-6,13H2,(H,27,28)/b11-7+. The second kappa shape index (κ2) is 9.63. The third-order valence-corrected chi connectivity index (χ3v) is 5.27. The summed E-state index contributed by atoms with van der Waals surface area (Å²) in [6, 6.07) is 7.89. The van der Waals surface area contributed by atoms with Gasteiger partial charge in [-0.05, 0) is 61.4 Å². The Morgan fingerprint density at radius 3 is 2.83 bits per heavy atom. The number of halogens is 4. The minimum Gasteiger partial charge on any atom is -0.389 e. The van der Waals surface area contributed by atoms with Crippen LogP contribution in [0.2, 0.25) is 5.02 Å². The van der Waals surface area contributed by atoms with Crippen molar-refractivity contribution in [2.75, 3.05) is 11.9 Å². The number of rotatable bonds is 7. The van der Waals surface area contributed by atoms with E-state index in [4.69, 9.17) is 11.6 Å². The fraction of sp³-hybridized carbons (Fsp3) is 0.409. The molecule has 29 heavy (non-hydrogen) atoms. The number of hydrogen-bond donors (Lipinski definition) is 2. The van der Waals surface area contributed by atoms with Crippen molar-refractivity contribution in [1.82, 2.24) is 4.98 Å². The van der Waals surface area contributed by atoms with Gasteiger partial charge in [0.1, 0.15) is 5.82 Å². The Labute approximate surface area is 173 Å². The third kappa shape index (κ3) is 6.21. The molecule has 2 N–H and O–H groups in total. The molecule has 2 heterocycles. The van der Waals surface area contributed by atoms with Crippen molar-refractivity contribution in [3.8, 4) is 0 Å². The summed E-state index contributed by atoms with van der Waals surface area (Å²) >= 11 is 5.62. The van der Waals surface area contributed by atoms with Crippen molar-refractivity contribution < 1.29 is 18.3 Å². The summed E-state index contributed by atoms with van der Waals surface area (Å²) in [5.74, 6) is 0.984. The van der Waals surface area contributed by atoms with Gasteiger partial charge in [-0.3, -0.25) is 0 Å². The summed E-state index contributed by atoms with van der Waals surface area (Å²) in [4.78, 5) is 4.65. The Kier molecular flexibility index (Phi) is 7.19. The maximum Gasteiger partial charge on any atom is 0.417 e. The van der Waals surface area contributed by atoms with Crippen molar-refractivity contribution >= 4 is 23.5 Å². The topological polar surface area (TPSA) is 45.2 Å². The van der Waals surface area contributed by atoms with Gasteiger partial charge < -0.3 is 10.4 Å². The molecule has 0 saturated heterocycles. The predicted molar refractivity (Wildman–Crippen MR) is 110 cm³/mol. The average Bonchev–Trinajstić information content (AvgIpc) is 2.69. The molecular formula is C22H24ClF3N2O. The molecular weight excluding hydrogens is 401 g/mol. The number of hydrogen-bond acceptors (Lipinski definition) is 3. The molecule has 1 aliphatic rings. The highest BCUT2D eigenvalue weighted by Gasteiger charge is 2.33. The third-order valence-electron chi connectivity index (χ3n) is 4.94. The van der Waals surface area contributed by atoms with Crippen LogP contribution < -0.4 is 5.32 Å². The summed E-state index contributed by atoms with van der Waals surface area (Å²) in [6.45, 7) is 0.958.